The molecule has 0 spiro atoms. The zero-order valence-corrected chi connectivity index (χ0v) is 31.2. The Morgan fingerprint density at radius 2 is 1.17 bits per heavy atom. The molecule has 1 saturated carbocycles. The monoisotopic (exact) mass is 800 g/mol. The number of aliphatic hydroxyl groups excluding tert-OH is 6. The molecule has 20 nitrogen and oxygen atoms in total. The molecule has 58 heavy (non-hydrogen) atoms. The average molecular weight is 801 g/mol. The van der Waals surface area contributed by atoms with E-state index in [1.165, 1.54) is 41.1 Å². The van der Waals surface area contributed by atoms with Gasteiger partial charge < -0.3 is 61.1 Å². The van der Waals surface area contributed by atoms with E-state index in [4.69, 9.17) is 30.4 Å². The van der Waals surface area contributed by atoms with Crippen LogP contribution in [0, 0.1) is 23.7 Å². The first-order chi connectivity index (χ1) is 28.2. The number of nitrogens with zero attached hydrogens (tertiary/aromatic N) is 8. The summed E-state index contributed by atoms with van der Waals surface area (Å²) in [5.74, 6) is 12.7. The van der Waals surface area contributed by atoms with Crippen LogP contribution in [0.1, 0.15) is 56.2 Å². The maximum Gasteiger partial charge on any atom is 0.209 e. The summed E-state index contributed by atoms with van der Waals surface area (Å²) in [4.78, 5) is 25.3. The number of nitrogen functional groups attached to an aromatic ring is 2. The number of fused-ring (bicyclic) bond motifs is 2. The van der Waals surface area contributed by atoms with Crippen LogP contribution < -0.4 is 16.2 Å². The summed E-state index contributed by atoms with van der Waals surface area (Å²) >= 11 is 0. The Morgan fingerprint density at radius 3 is 1.66 bits per heavy atom. The second-order valence-electron chi connectivity index (χ2n) is 13.7. The summed E-state index contributed by atoms with van der Waals surface area (Å²) in [7, 11) is 0. The van der Waals surface area contributed by atoms with Crippen molar-refractivity contribution in [2.45, 2.75) is 87.3 Å². The molecule has 8 atom stereocenters. The molecule has 8 rings (SSSR count). The molecule has 0 radical (unpaired) electrons. The SMILES string of the molecule is Nc1nc(C#CCOC2CCCCC2)nc2c1ncn2[C@@H]1O[C@H](CO)[C@@H](O)[C@H]1O.Nc1nc(C#CCOc2ccccc2)nc2c1ncn2[C@@H]1O[C@H](CO)[C@@H](O)[C@H]1O. The third-order valence-electron chi connectivity index (χ3n) is 9.88. The van der Waals surface area contributed by atoms with Gasteiger partial charge in [0.15, 0.2) is 35.4 Å². The number of imidazole rings is 2. The number of ether oxygens (including phenoxy) is 4. The van der Waals surface area contributed by atoms with Gasteiger partial charge in [0.25, 0.3) is 0 Å². The maximum atomic E-state index is 10.3. The molecule has 2 aliphatic heterocycles. The van der Waals surface area contributed by atoms with E-state index in [-0.39, 0.29) is 36.0 Å². The van der Waals surface area contributed by atoms with Crippen molar-refractivity contribution < 1.29 is 49.6 Å². The van der Waals surface area contributed by atoms with Gasteiger partial charge in [0.2, 0.25) is 11.6 Å². The van der Waals surface area contributed by atoms with Crippen LogP contribution in [0.4, 0.5) is 11.6 Å². The molecule has 20 heteroatoms. The lowest BCUT2D eigenvalue weighted by atomic mass is 9.98. The second-order valence-corrected chi connectivity index (χ2v) is 13.7. The van der Waals surface area contributed by atoms with Crippen molar-refractivity contribution in [2.24, 2.45) is 0 Å². The molecule has 2 saturated heterocycles. The molecule has 306 valence electrons. The predicted octanol–water partition coefficient (Wildman–Crippen LogP) is -0.829. The first-order valence-electron chi connectivity index (χ1n) is 18.7. The van der Waals surface area contributed by atoms with Crippen LogP contribution in [0.3, 0.4) is 0 Å². The van der Waals surface area contributed by atoms with Crippen LogP contribution in [0.15, 0.2) is 43.0 Å². The van der Waals surface area contributed by atoms with E-state index in [0.29, 0.717) is 34.7 Å². The fourth-order valence-electron chi connectivity index (χ4n) is 6.84. The van der Waals surface area contributed by atoms with E-state index in [0.717, 1.165) is 12.8 Å². The fraction of sp³-hybridized carbons (Fsp3) is 0.474. The molecule has 3 fully saturated rings. The van der Waals surface area contributed by atoms with Crippen molar-refractivity contribution in [1.29, 1.82) is 0 Å². The summed E-state index contributed by atoms with van der Waals surface area (Å²) in [5.41, 5.74) is 13.2. The van der Waals surface area contributed by atoms with Crippen LogP contribution in [-0.4, -0.2) is 139 Å². The Labute approximate surface area is 331 Å². The molecule has 10 N–H and O–H groups in total. The van der Waals surface area contributed by atoms with Gasteiger partial charge in [-0.1, -0.05) is 49.3 Å². The molecule has 0 bridgehead atoms. The molecule has 5 aromatic rings. The van der Waals surface area contributed by atoms with E-state index >= 15 is 0 Å². The van der Waals surface area contributed by atoms with E-state index in [1.807, 2.05) is 30.3 Å². The summed E-state index contributed by atoms with van der Waals surface area (Å²) in [5, 5.41) is 59.1. The van der Waals surface area contributed by atoms with Gasteiger partial charge in [-0.05, 0) is 36.8 Å². The van der Waals surface area contributed by atoms with Crippen LogP contribution in [0.5, 0.6) is 5.75 Å². The van der Waals surface area contributed by atoms with E-state index < -0.39 is 62.3 Å². The summed E-state index contributed by atoms with van der Waals surface area (Å²) in [6.45, 7) is -0.424. The van der Waals surface area contributed by atoms with E-state index in [1.54, 1.807) is 0 Å². The summed E-state index contributed by atoms with van der Waals surface area (Å²) < 4.78 is 25.3. The number of hydrogen-bond donors (Lipinski definition) is 8. The van der Waals surface area contributed by atoms with Gasteiger partial charge in [0.1, 0.15) is 66.6 Å². The average Bonchev–Trinajstić information content (AvgIpc) is 4.00. The number of para-hydroxylation sites is 1. The van der Waals surface area contributed by atoms with Crippen LogP contribution in [-0.2, 0) is 14.2 Å². The van der Waals surface area contributed by atoms with Crippen molar-refractivity contribution in [3.8, 4) is 29.4 Å². The van der Waals surface area contributed by atoms with Crippen LogP contribution >= 0.6 is 0 Å². The molecule has 6 heterocycles. The quantitative estimate of drug-likeness (QED) is 0.0889. The van der Waals surface area contributed by atoms with E-state index in [2.05, 4.69) is 53.6 Å². The lowest BCUT2D eigenvalue weighted by Gasteiger charge is -2.20. The van der Waals surface area contributed by atoms with Gasteiger partial charge in [-0.2, -0.15) is 0 Å². The van der Waals surface area contributed by atoms with Crippen LogP contribution in [0.2, 0.25) is 0 Å². The highest BCUT2D eigenvalue weighted by atomic mass is 16.6. The Morgan fingerprint density at radius 1 is 0.672 bits per heavy atom. The van der Waals surface area contributed by atoms with Gasteiger partial charge in [0, 0.05) is 0 Å². The molecular formula is C38H44N10O10. The summed E-state index contributed by atoms with van der Waals surface area (Å²) in [6.07, 6.45) is 0.0967. The predicted molar refractivity (Wildman–Crippen MR) is 204 cm³/mol. The summed E-state index contributed by atoms with van der Waals surface area (Å²) in [6, 6.07) is 9.25. The smallest absolute Gasteiger partial charge is 0.209 e. The third kappa shape index (κ3) is 8.80. The number of aromatic nitrogens is 8. The number of rotatable bonds is 8. The standard InChI is InChI=1S/C19H25N5O5.C19H19N5O5/c2*20-17-14-18(24(10-21-14)19-16(27)15(26)12(9-25)29-19)23-13(22-17)7-4-8-28-11-5-2-1-3-6-11/h10-12,15-16,19,25-27H,1-3,5-6,8-9H2,(H2,20,22,23);1-3,5-6,10,12,15-16,19,25-27H,8-9H2,(H2,20,22,23)/t2*12-,15-,16-,19-/m11/s1. The largest absolute Gasteiger partial charge is 0.481 e. The van der Waals surface area contributed by atoms with Crippen molar-refractivity contribution >= 4 is 34.0 Å². The molecular weight excluding hydrogens is 756 g/mol. The number of hydrogen-bond acceptors (Lipinski definition) is 18. The highest BCUT2D eigenvalue weighted by molar-refractivity contribution is 5.82. The zero-order valence-electron chi connectivity index (χ0n) is 31.2. The minimum absolute atomic E-state index is 0.119. The number of anilines is 2. The highest BCUT2D eigenvalue weighted by Crippen LogP contribution is 2.33. The normalized spacial score (nSPS) is 25.8. The maximum absolute atomic E-state index is 10.3. The second kappa shape index (κ2) is 18.4. The molecule has 1 aliphatic carbocycles. The number of nitrogens with two attached hydrogens (primary N) is 2. The Hall–Kier alpha value is -5.52. The first kappa shape index (κ1) is 40.7. The van der Waals surface area contributed by atoms with E-state index in [9.17, 15) is 30.6 Å². The minimum Gasteiger partial charge on any atom is -0.481 e. The highest BCUT2D eigenvalue weighted by Gasteiger charge is 2.45. The fourth-order valence-corrected chi connectivity index (χ4v) is 6.84. The van der Waals surface area contributed by atoms with Crippen molar-refractivity contribution in [1.82, 2.24) is 39.0 Å². The zero-order chi connectivity index (χ0) is 40.8. The first-order valence-corrected chi connectivity index (χ1v) is 18.7. The Bertz CT molecular complexity index is 2300. The van der Waals surface area contributed by atoms with Gasteiger partial charge in [-0.15, -0.1) is 0 Å². The number of benzene rings is 1. The number of aliphatic hydroxyl groups is 6. The van der Waals surface area contributed by atoms with Crippen LogP contribution in [0.25, 0.3) is 22.3 Å². The molecule has 0 unspecified atom stereocenters. The topological polar surface area (TPSA) is 298 Å². The van der Waals surface area contributed by atoms with Gasteiger partial charge >= 0.3 is 0 Å². The molecule has 1 aromatic carbocycles. The van der Waals surface area contributed by atoms with Gasteiger partial charge in [0.05, 0.1) is 32.0 Å². The Balaban J connectivity index is 0.000000177. The molecule has 4 aromatic heterocycles. The lowest BCUT2D eigenvalue weighted by molar-refractivity contribution is -0.0511. The minimum atomic E-state index is -1.27. The lowest BCUT2D eigenvalue weighted by Crippen LogP contribution is -2.33. The van der Waals surface area contributed by atoms with Crippen molar-refractivity contribution in [3.63, 3.8) is 0 Å². The molecule has 0 amide bonds. The third-order valence-corrected chi connectivity index (χ3v) is 9.88. The Kier molecular flexibility index (Phi) is 12.9. The molecule has 3 aliphatic rings. The van der Waals surface area contributed by atoms with Gasteiger partial charge in [-0.3, -0.25) is 9.13 Å². The van der Waals surface area contributed by atoms with Crippen molar-refractivity contribution in [2.75, 3.05) is 37.9 Å². The van der Waals surface area contributed by atoms with Crippen molar-refractivity contribution in [3.05, 3.63) is 54.6 Å². The van der Waals surface area contributed by atoms with Gasteiger partial charge in [-0.25, -0.2) is 29.9 Å².